The molecule has 0 aliphatic rings. The van der Waals surface area contributed by atoms with Gasteiger partial charge in [-0.25, -0.2) is 4.79 Å². The van der Waals surface area contributed by atoms with Crippen LogP contribution in [0.4, 0.5) is 10.5 Å². The van der Waals surface area contributed by atoms with Crippen LogP contribution in [0.1, 0.15) is 46.4 Å². The van der Waals surface area contributed by atoms with Gasteiger partial charge in [0.2, 0.25) is 0 Å². The van der Waals surface area contributed by atoms with Crippen LogP contribution in [0.15, 0.2) is 6.20 Å². The van der Waals surface area contributed by atoms with Gasteiger partial charge in [-0.15, -0.1) is 0 Å². The topological polar surface area (TPSA) is 56.1 Å². The van der Waals surface area contributed by atoms with Crippen LogP contribution < -0.4 is 5.32 Å². The van der Waals surface area contributed by atoms with Gasteiger partial charge in [0.1, 0.15) is 5.60 Å². The molecule has 0 bridgehead atoms. The Morgan fingerprint density at radius 1 is 1.47 bits per heavy atom. The third-order valence-corrected chi connectivity index (χ3v) is 2.17. The van der Waals surface area contributed by atoms with Gasteiger partial charge in [-0.3, -0.25) is 10.00 Å². The van der Waals surface area contributed by atoms with Gasteiger partial charge in [-0.1, -0.05) is 0 Å². The van der Waals surface area contributed by atoms with Crippen molar-refractivity contribution in [1.29, 1.82) is 0 Å². The molecule has 0 saturated carbocycles. The van der Waals surface area contributed by atoms with Crippen LogP contribution in [0.25, 0.3) is 0 Å². The molecule has 5 heteroatoms. The molecule has 0 aliphatic heterocycles. The Bertz CT molecular complexity index is 402. The Morgan fingerprint density at radius 3 is 2.47 bits per heavy atom. The summed E-state index contributed by atoms with van der Waals surface area (Å²) in [6.07, 6.45) is 1.18. The minimum Gasteiger partial charge on any atom is -0.444 e. The van der Waals surface area contributed by atoms with E-state index in [2.05, 4.69) is 10.4 Å². The van der Waals surface area contributed by atoms with Crippen molar-refractivity contribution >= 4 is 11.8 Å². The largest absolute Gasteiger partial charge is 0.444 e. The Hall–Kier alpha value is -1.52. The van der Waals surface area contributed by atoms with E-state index in [1.807, 2.05) is 46.2 Å². The van der Waals surface area contributed by atoms with Crippen LogP contribution in [0.5, 0.6) is 0 Å². The maximum atomic E-state index is 11.6. The highest BCUT2D eigenvalue weighted by Gasteiger charge is 2.18. The first-order valence-corrected chi connectivity index (χ1v) is 5.75. The molecule has 0 spiro atoms. The smallest absolute Gasteiger partial charge is 0.412 e. The average Bonchev–Trinajstić information content (AvgIpc) is 2.44. The summed E-state index contributed by atoms with van der Waals surface area (Å²) in [5.41, 5.74) is 1.12. The van der Waals surface area contributed by atoms with E-state index in [0.29, 0.717) is 5.69 Å². The van der Waals surface area contributed by atoms with Gasteiger partial charge in [0.25, 0.3) is 0 Å². The van der Waals surface area contributed by atoms with Gasteiger partial charge in [0, 0.05) is 6.04 Å². The molecule has 0 atom stereocenters. The fourth-order valence-corrected chi connectivity index (χ4v) is 1.48. The van der Waals surface area contributed by atoms with Crippen LogP contribution >= 0.6 is 0 Å². The highest BCUT2D eigenvalue weighted by molar-refractivity contribution is 5.85. The van der Waals surface area contributed by atoms with E-state index < -0.39 is 11.7 Å². The Kier molecular flexibility index (Phi) is 3.80. The number of amides is 1. The second-order valence-electron chi connectivity index (χ2n) is 5.31. The number of nitrogens with zero attached hydrogens (tertiary/aromatic N) is 2. The molecule has 1 rings (SSSR count). The fraction of sp³-hybridized carbons (Fsp3) is 0.667. The third kappa shape index (κ3) is 3.76. The maximum absolute atomic E-state index is 11.6. The number of ether oxygens (including phenoxy) is 1. The van der Waals surface area contributed by atoms with Crippen molar-refractivity contribution in [3.8, 4) is 0 Å². The monoisotopic (exact) mass is 239 g/mol. The van der Waals surface area contributed by atoms with Crippen molar-refractivity contribution < 1.29 is 9.53 Å². The van der Waals surface area contributed by atoms with Crippen LogP contribution in [0.2, 0.25) is 0 Å². The molecule has 5 nitrogen and oxygen atoms in total. The minimum absolute atomic E-state index is 0.268. The molecule has 0 saturated heterocycles. The molecule has 1 aromatic rings. The Labute approximate surface area is 102 Å². The van der Waals surface area contributed by atoms with E-state index in [0.717, 1.165) is 5.69 Å². The normalized spacial score (nSPS) is 11.7. The minimum atomic E-state index is -0.494. The number of aromatic nitrogens is 2. The first-order chi connectivity index (χ1) is 7.70. The van der Waals surface area contributed by atoms with Gasteiger partial charge in [0.05, 0.1) is 17.6 Å². The van der Waals surface area contributed by atoms with Crippen molar-refractivity contribution in [2.45, 2.75) is 53.2 Å². The van der Waals surface area contributed by atoms with Crippen molar-refractivity contribution in [2.24, 2.45) is 0 Å². The van der Waals surface area contributed by atoms with E-state index in [4.69, 9.17) is 4.74 Å². The standard InChI is InChI=1S/C12H21N3O2/c1-8(2)15-9(3)10(7-13-15)14-11(16)17-12(4,5)6/h7-8H,1-6H3,(H,14,16). The molecule has 0 aromatic carbocycles. The highest BCUT2D eigenvalue weighted by Crippen LogP contribution is 2.18. The molecular formula is C12H21N3O2. The number of anilines is 1. The van der Waals surface area contributed by atoms with Crippen LogP contribution in [0.3, 0.4) is 0 Å². The summed E-state index contributed by atoms with van der Waals surface area (Å²) in [6, 6.07) is 0.268. The molecule has 0 fully saturated rings. The number of carbonyl (C=O) groups is 1. The fourth-order valence-electron chi connectivity index (χ4n) is 1.48. The summed E-state index contributed by atoms with van der Waals surface area (Å²) in [4.78, 5) is 11.6. The molecule has 1 aromatic heterocycles. The van der Waals surface area contributed by atoms with E-state index in [9.17, 15) is 4.79 Å². The summed E-state index contributed by atoms with van der Waals surface area (Å²) in [5, 5.41) is 6.91. The van der Waals surface area contributed by atoms with E-state index >= 15 is 0 Å². The Balaban J connectivity index is 2.73. The van der Waals surface area contributed by atoms with E-state index in [1.165, 1.54) is 0 Å². The predicted molar refractivity (Wildman–Crippen MR) is 67.2 cm³/mol. The van der Waals surface area contributed by atoms with E-state index in [1.54, 1.807) is 6.20 Å². The van der Waals surface area contributed by atoms with Crippen molar-refractivity contribution in [1.82, 2.24) is 9.78 Å². The van der Waals surface area contributed by atoms with Gasteiger partial charge >= 0.3 is 6.09 Å². The summed E-state index contributed by atoms with van der Waals surface area (Å²) in [6.45, 7) is 11.5. The second-order valence-corrected chi connectivity index (χ2v) is 5.31. The molecular weight excluding hydrogens is 218 g/mol. The molecule has 1 N–H and O–H groups in total. The zero-order valence-corrected chi connectivity index (χ0v) is 11.4. The number of nitrogens with one attached hydrogen (secondary N) is 1. The summed E-state index contributed by atoms with van der Waals surface area (Å²) in [5.74, 6) is 0. The summed E-state index contributed by atoms with van der Waals surface area (Å²) >= 11 is 0. The first kappa shape index (κ1) is 13.5. The lowest BCUT2D eigenvalue weighted by molar-refractivity contribution is 0.0636. The summed E-state index contributed by atoms with van der Waals surface area (Å²) < 4.78 is 7.03. The highest BCUT2D eigenvalue weighted by atomic mass is 16.6. The SMILES string of the molecule is Cc1c(NC(=O)OC(C)(C)C)cnn1C(C)C. The van der Waals surface area contributed by atoms with Crippen molar-refractivity contribution in [3.63, 3.8) is 0 Å². The van der Waals surface area contributed by atoms with Gasteiger partial charge in [-0.2, -0.15) is 5.10 Å². The zero-order valence-electron chi connectivity index (χ0n) is 11.4. The molecule has 17 heavy (non-hydrogen) atoms. The van der Waals surface area contributed by atoms with Crippen LogP contribution in [0, 0.1) is 6.92 Å². The summed E-state index contributed by atoms with van der Waals surface area (Å²) in [7, 11) is 0. The lowest BCUT2D eigenvalue weighted by Crippen LogP contribution is -2.27. The molecule has 1 amide bonds. The number of hydrogen-bond donors (Lipinski definition) is 1. The van der Waals surface area contributed by atoms with E-state index in [-0.39, 0.29) is 6.04 Å². The van der Waals surface area contributed by atoms with Crippen molar-refractivity contribution in [2.75, 3.05) is 5.32 Å². The average molecular weight is 239 g/mol. The van der Waals surface area contributed by atoms with Gasteiger partial charge in [0.15, 0.2) is 0 Å². The third-order valence-electron chi connectivity index (χ3n) is 2.17. The number of rotatable bonds is 2. The van der Waals surface area contributed by atoms with Crippen LogP contribution in [-0.4, -0.2) is 21.5 Å². The van der Waals surface area contributed by atoms with Crippen LogP contribution in [-0.2, 0) is 4.74 Å². The van der Waals surface area contributed by atoms with Gasteiger partial charge < -0.3 is 4.74 Å². The second kappa shape index (κ2) is 4.77. The molecule has 1 heterocycles. The molecule has 0 unspecified atom stereocenters. The van der Waals surface area contributed by atoms with Gasteiger partial charge in [-0.05, 0) is 41.5 Å². The lowest BCUT2D eigenvalue weighted by Gasteiger charge is -2.19. The Morgan fingerprint density at radius 2 is 2.06 bits per heavy atom. The molecule has 96 valence electrons. The zero-order chi connectivity index (χ0) is 13.2. The number of carbonyl (C=O) groups excluding carboxylic acids is 1. The predicted octanol–water partition coefficient (Wildman–Crippen LogP) is 3.12. The molecule has 0 radical (unpaired) electrons. The maximum Gasteiger partial charge on any atom is 0.412 e. The first-order valence-electron chi connectivity index (χ1n) is 5.75. The van der Waals surface area contributed by atoms with Crippen molar-refractivity contribution in [3.05, 3.63) is 11.9 Å². The number of hydrogen-bond acceptors (Lipinski definition) is 3. The molecule has 0 aliphatic carbocycles. The quantitative estimate of drug-likeness (QED) is 0.862. The lowest BCUT2D eigenvalue weighted by atomic mass is 10.2.